The molecule has 0 saturated heterocycles. The monoisotopic (exact) mass is 150 g/mol. The number of halogens is 1. The number of rotatable bonds is 0. The molecule has 5 heteroatoms. The van der Waals surface area contributed by atoms with E-state index >= 15 is 0 Å². The molecular formula is H9AlCaClNaO. The molecule has 0 amide bonds. The summed E-state index contributed by atoms with van der Waals surface area (Å²) in [5.41, 5.74) is 0. The Kier molecular flexibility index (Phi) is 239. The van der Waals surface area contributed by atoms with Gasteiger partial charge in [0, 0.05) is 0 Å². The van der Waals surface area contributed by atoms with E-state index in [1.54, 1.807) is 0 Å². The van der Waals surface area contributed by atoms with Gasteiger partial charge in [0.2, 0.25) is 0 Å². The largest absolute Gasteiger partial charge is 2.00 e. The van der Waals surface area contributed by atoms with E-state index in [1.807, 2.05) is 0 Å². The van der Waals surface area contributed by atoms with Gasteiger partial charge in [-0.1, -0.05) is 0 Å². The van der Waals surface area contributed by atoms with Crippen LogP contribution in [0.2, 0.25) is 0 Å². The van der Waals surface area contributed by atoms with Crippen LogP contribution in [0.15, 0.2) is 0 Å². The Morgan fingerprint density at radius 1 is 1.20 bits per heavy atom. The van der Waals surface area contributed by atoms with E-state index in [9.17, 15) is 0 Å². The van der Waals surface area contributed by atoms with Gasteiger partial charge in [0.05, 0.1) is 0 Å². The summed E-state index contributed by atoms with van der Waals surface area (Å²) in [6.07, 6.45) is 0. The van der Waals surface area contributed by atoms with Crippen molar-refractivity contribution in [1.29, 1.82) is 0 Å². The molecule has 0 spiro atoms. The topological polar surface area (TPSA) is 31.5 Å². The van der Waals surface area contributed by atoms with Crippen LogP contribution in [0.4, 0.5) is 0 Å². The maximum absolute atomic E-state index is 0. The fourth-order valence-corrected chi connectivity index (χ4v) is 0. The van der Waals surface area contributed by atoms with E-state index in [2.05, 4.69) is 0 Å². The van der Waals surface area contributed by atoms with Gasteiger partial charge in [-0.15, -0.1) is 12.4 Å². The smallest absolute Gasteiger partial charge is 1.00 e. The molecule has 0 aliphatic rings. The molecule has 0 bridgehead atoms. The molecule has 0 atom stereocenters. The number of hydrogen-bond acceptors (Lipinski definition) is 0. The molecule has 1 nitrogen and oxygen atoms in total. The number of hydrogen-bond donors (Lipinski definition) is 0. The Morgan fingerprint density at radius 2 is 1.20 bits per heavy atom. The Hall–Kier alpha value is 3.04. The van der Waals surface area contributed by atoms with Crippen molar-refractivity contribution in [3.8, 4) is 0 Å². The zero-order chi connectivity index (χ0) is 0. The summed E-state index contributed by atoms with van der Waals surface area (Å²) in [5, 5.41) is 0. The third kappa shape index (κ3) is 19.3. The summed E-state index contributed by atoms with van der Waals surface area (Å²) < 4.78 is 0. The van der Waals surface area contributed by atoms with E-state index < -0.39 is 0 Å². The Morgan fingerprint density at radius 3 is 1.20 bits per heavy atom. The third-order valence-electron chi connectivity index (χ3n) is 0. The Bertz CT molecular complexity index is 19.2. The summed E-state index contributed by atoms with van der Waals surface area (Å²) in [6, 6.07) is 0. The summed E-state index contributed by atoms with van der Waals surface area (Å²) >= 11 is 0. The van der Waals surface area contributed by atoms with Crippen LogP contribution < -0.4 is 29.6 Å². The molecule has 0 aromatic carbocycles. The zero-order valence-electron chi connectivity index (χ0n) is 5.62. The maximum Gasteiger partial charge on any atom is 2.00 e. The van der Waals surface area contributed by atoms with Crippen LogP contribution in [0.3, 0.4) is 0 Å². The molecule has 0 fully saturated rings. The van der Waals surface area contributed by atoms with Gasteiger partial charge in [0.1, 0.15) is 0 Å². The first kappa shape index (κ1) is 43.1. The Balaban J connectivity index is 0. The van der Waals surface area contributed by atoms with Crippen LogP contribution >= 0.6 is 12.4 Å². The summed E-state index contributed by atoms with van der Waals surface area (Å²) in [7, 11) is 0. The van der Waals surface area contributed by atoms with Crippen molar-refractivity contribution in [1.82, 2.24) is 0 Å². The van der Waals surface area contributed by atoms with Crippen molar-refractivity contribution in [3.05, 3.63) is 0 Å². The zero-order valence-corrected chi connectivity index (χ0v) is 7.64. The second-order valence-electron chi connectivity index (χ2n) is 0. The van der Waals surface area contributed by atoms with Crippen molar-refractivity contribution >= 4 is 67.5 Å². The first-order valence-corrected chi connectivity index (χ1v) is 0. The molecule has 0 aromatic rings. The van der Waals surface area contributed by atoms with Gasteiger partial charge in [0.25, 0.3) is 0 Å². The Labute approximate surface area is 105 Å². The molecule has 28 valence electrons. The summed E-state index contributed by atoms with van der Waals surface area (Å²) in [5.74, 6) is 0. The summed E-state index contributed by atoms with van der Waals surface area (Å²) in [6.45, 7) is 0. The molecule has 0 heterocycles. The predicted octanol–water partition coefficient (Wildman–Crippen LogP) is -4.63. The van der Waals surface area contributed by atoms with E-state index in [1.165, 1.54) is 0 Å². The molecule has 0 aliphatic carbocycles. The van der Waals surface area contributed by atoms with Gasteiger partial charge in [-0.05, 0) is 0 Å². The fraction of sp³-hybridized carbons (Fsp3) is 0. The van der Waals surface area contributed by atoms with Gasteiger partial charge in [0.15, 0.2) is 17.4 Å². The van der Waals surface area contributed by atoms with Crippen LogP contribution in [0, 0.1) is 0 Å². The first-order valence-electron chi connectivity index (χ1n) is 0. The van der Waals surface area contributed by atoms with Crippen molar-refractivity contribution in [3.63, 3.8) is 0 Å². The maximum atomic E-state index is 0. The van der Waals surface area contributed by atoms with Crippen LogP contribution in [-0.2, 0) is 0 Å². The van der Waals surface area contributed by atoms with Crippen LogP contribution in [0.25, 0.3) is 0 Å². The molecule has 0 aromatic heterocycles. The first-order chi connectivity index (χ1) is 0. The van der Waals surface area contributed by atoms with E-state index in [0.717, 1.165) is 0 Å². The van der Waals surface area contributed by atoms with Crippen molar-refractivity contribution in [2.24, 2.45) is 0 Å². The van der Waals surface area contributed by atoms with Crippen LogP contribution in [-0.4, -0.2) is 60.6 Å². The van der Waals surface area contributed by atoms with E-state index in [-0.39, 0.29) is 107 Å². The molecule has 0 radical (unpaired) electrons. The third-order valence-corrected chi connectivity index (χ3v) is 0. The SMILES string of the molecule is Cl.O.[AlH3].[Ca+2].[H-].[H-].[H-].[Na+]. The van der Waals surface area contributed by atoms with E-state index in [0.29, 0.717) is 0 Å². The minimum atomic E-state index is 0. The van der Waals surface area contributed by atoms with E-state index in [4.69, 9.17) is 0 Å². The second-order valence-corrected chi connectivity index (χ2v) is 0. The minimum Gasteiger partial charge on any atom is -1.00 e. The van der Waals surface area contributed by atoms with Crippen molar-refractivity contribution < 1.29 is 39.3 Å². The van der Waals surface area contributed by atoms with Gasteiger partial charge < -0.3 is 9.76 Å². The summed E-state index contributed by atoms with van der Waals surface area (Å²) in [4.78, 5) is 0. The molecule has 0 unspecified atom stereocenters. The normalized spacial score (nSPS) is 0. The van der Waals surface area contributed by atoms with Crippen molar-refractivity contribution in [2.75, 3.05) is 0 Å². The average Bonchev–Trinajstić information content (AvgIpc) is 0. The van der Waals surface area contributed by atoms with Crippen molar-refractivity contribution in [2.45, 2.75) is 0 Å². The van der Waals surface area contributed by atoms with Gasteiger partial charge in [-0.2, -0.15) is 0 Å². The average molecular weight is 151 g/mol. The van der Waals surface area contributed by atoms with Gasteiger partial charge in [-0.25, -0.2) is 0 Å². The molecule has 0 aliphatic heterocycles. The molecule has 0 rings (SSSR count). The minimum absolute atomic E-state index is 0. The predicted molar refractivity (Wildman–Crippen MR) is 29.9 cm³/mol. The molecule has 0 saturated carbocycles. The van der Waals surface area contributed by atoms with Gasteiger partial charge in [-0.3, -0.25) is 0 Å². The van der Waals surface area contributed by atoms with Gasteiger partial charge >= 0.3 is 67.3 Å². The molecule has 5 heavy (non-hydrogen) atoms. The van der Waals surface area contributed by atoms with Crippen LogP contribution in [0.1, 0.15) is 4.28 Å². The molecular weight excluding hydrogens is 142 g/mol. The molecule has 2 N–H and O–H groups in total. The van der Waals surface area contributed by atoms with Crippen LogP contribution in [0.5, 0.6) is 0 Å². The quantitative estimate of drug-likeness (QED) is 0.311. The second kappa shape index (κ2) is 27.8. The fourth-order valence-electron chi connectivity index (χ4n) is 0. The standard InChI is InChI=1S/Al.Ca.ClH.Na.H2O.6H/h;;1H;;1H2;;;;;;/q;+2;;+1;;;;;3*-1.